The Kier molecular flexibility index (Phi) is 3.26. The molecule has 98 valence electrons. The first-order valence-electron chi connectivity index (χ1n) is 6.28. The van der Waals surface area contributed by atoms with Gasteiger partial charge in [0.2, 0.25) is 0 Å². The lowest BCUT2D eigenvalue weighted by Crippen LogP contribution is -2.41. The van der Waals surface area contributed by atoms with Crippen LogP contribution in [0.5, 0.6) is 0 Å². The molecule has 4 nitrogen and oxygen atoms in total. The highest BCUT2D eigenvalue weighted by atomic mass is 16.7. The fraction of sp³-hybridized carbons (Fsp3) is 0.615. The lowest BCUT2D eigenvalue weighted by Gasteiger charge is -2.32. The molecule has 18 heavy (non-hydrogen) atoms. The largest absolute Gasteiger partial charge is 0.494 e. The van der Waals surface area contributed by atoms with Crippen molar-refractivity contribution in [3.05, 3.63) is 23.5 Å². The molecule has 1 saturated heterocycles. The highest BCUT2D eigenvalue weighted by Gasteiger charge is 2.51. The van der Waals surface area contributed by atoms with E-state index in [-0.39, 0.29) is 18.3 Å². The zero-order valence-electron chi connectivity index (χ0n) is 11.8. The average Bonchev–Trinajstić information content (AvgIpc) is 2.47. The van der Waals surface area contributed by atoms with Crippen LogP contribution in [0.1, 0.15) is 39.1 Å². The highest BCUT2D eigenvalue weighted by Crippen LogP contribution is 2.36. The Hall–Kier alpha value is -0.905. The van der Waals surface area contributed by atoms with Crippen molar-refractivity contribution in [1.82, 2.24) is 4.98 Å². The van der Waals surface area contributed by atoms with E-state index in [2.05, 4.69) is 4.98 Å². The number of aryl methyl sites for hydroxylation is 1. The van der Waals surface area contributed by atoms with Crippen molar-refractivity contribution in [2.45, 2.75) is 52.4 Å². The van der Waals surface area contributed by atoms with E-state index in [1.165, 1.54) is 0 Å². The van der Waals surface area contributed by atoms with Crippen LogP contribution in [0.15, 0.2) is 12.1 Å². The van der Waals surface area contributed by atoms with Gasteiger partial charge >= 0.3 is 7.12 Å². The standard InChI is InChI=1S/C13H21BN2O2/c1-9-6-10(7-11(8-15)16-9)14-17-12(2,3)13(4,5)18-14/h6-7H,8,15H2,1-5H3. The van der Waals surface area contributed by atoms with Crippen LogP contribution in [0, 0.1) is 6.92 Å². The molecular weight excluding hydrogens is 227 g/mol. The summed E-state index contributed by atoms with van der Waals surface area (Å²) in [4.78, 5) is 4.36. The van der Waals surface area contributed by atoms with Crippen molar-refractivity contribution in [1.29, 1.82) is 0 Å². The Labute approximate surface area is 109 Å². The predicted octanol–water partition coefficient (Wildman–Crippen LogP) is 1.15. The monoisotopic (exact) mass is 248 g/mol. The molecule has 2 heterocycles. The van der Waals surface area contributed by atoms with Gasteiger partial charge in [0, 0.05) is 12.2 Å². The summed E-state index contributed by atoms with van der Waals surface area (Å²) in [6, 6.07) is 3.94. The van der Waals surface area contributed by atoms with E-state index < -0.39 is 0 Å². The fourth-order valence-electron chi connectivity index (χ4n) is 1.99. The van der Waals surface area contributed by atoms with Gasteiger partial charge in [0.05, 0.1) is 16.9 Å². The summed E-state index contributed by atoms with van der Waals surface area (Å²) < 4.78 is 12.0. The summed E-state index contributed by atoms with van der Waals surface area (Å²) >= 11 is 0. The Bertz CT molecular complexity index is 444. The molecule has 1 aliphatic heterocycles. The van der Waals surface area contributed by atoms with Gasteiger partial charge in [0.1, 0.15) is 0 Å². The van der Waals surface area contributed by atoms with Gasteiger partial charge in [-0.25, -0.2) is 0 Å². The summed E-state index contributed by atoms with van der Waals surface area (Å²) in [6.45, 7) is 10.6. The van der Waals surface area contributed by atoms with E-state index >= 15 is 0 Å². The van der Waals surface area contributed by atoms with Crippen molar-refractivity contribution in [3.63, 3.8) is 0 Å². The Morgan fingerprint density at radius 1 is 1.17 bits per heavy atom. The van der Waals surface area contributed by atoms with Crippen LogP contribution in [-0.4, -0.2) is 23.3 Å². The maximum absolute atomic E-state index is 6.01. The van der Waals surface area contributed by atoms with Crippen LogP contribution < -0.4 is 11.2 Å². The fourth-order valence-corrected chi connectivity index (χ4v) is 1.99. The smallest absolute Gasteiger partial charge is 0.399 e. The maximum Gasteiger partial charge on any atom is 0.494 e. The minimum atomic E-state index is -0.345. The zero-order chi connectivity index (χ0) is 13.6. The third-order valence-electron chi connectivity index (χ3n) is 3.76. The summed E-state index contributed by atoms with van der Waals surface area (Å²) in [7, 11) is -0.345. The van der Waals surface area contributed by atoms with E-state index in [0.717, 1.165) is 16.9 Å². The molecule has 0 aromatic carbocycles. The van der Waals surface area contributed by atoms with E-state index in [1.54, 1.807) is 0 Å². The molecule has 5 heteroatoms. The van der Waals surface area contributed by atoms with Gasteiger partial charge < -0.3 is 15.0 Å². The predicted molar refractivity (Wildman–Crippen MR) is 72.6 cm³/mol. The molecule has 0 spiro atoms. The normalized spacial score (nSPS) is 21.3. The van der Waals surface area contributed by atoms with Gasteiger partial charge in [-0.2, -0.15) is 0 Å². The van der Waals surface area contributed by atoms with Crippen LogP contribution in [0.2, 0.25) is 0 Å². The summed E-state index contributed by atoms with van der Waals surface area (Å²) in [5, 5.41) is 0. The third-order valence-corrected chi connectivity index (χ3v) is 3.76. The van der Waals surface area contributed by atoms with Gasteiger partial charge in [-0.1, -0.05) is 0 Å². The van der Waals surface area contributed by atoms with Gasteiger partial charge in [0.15, 0.2) is 0 Å². The van der Waals surface area contributed by atoms with Crippen molar-refractivity contribution in [2.24, 2.45) is 5.73 Å². The zero-order valence-corrected chi connectivity index (χ0v) is 11.8. The number of hydrogen-bond donors (Lipinski definition) is 1. The van der Waals surface area contributed by atoms with E-state index in [1.807, 2.05) is 46.8 Å². The molecule has 1 fully saturated rings. The number of nitrogens with two attached hydrogens (primary N) is 1. The molecule has 0 atom stereocenters. The Morgan fingerprint density at radius 3 is 2.22 bits per heavy atom. The lowest BCUT2D eigenvalue weighted by molar-refractivity contribution is 0.00578. The van der Waals surface area contributed by atoms with Crippen LogP contribution in [-0.2, 0) is 15.9 Å². The van der Waals surface area contributed by atoms with Gasteiger partial charge in [-0.05, 0) is 52.2 Å². The first-order valence-corrected chi connectivity index (χ1v) is 6.28. The average molecular weight is 248 g/mol. The second-order valence-electron chi connectivity index (χ2n) is 5.83. The van der Waals surface area contributed by atoms with Gasteiger partial charge in [0.25, 0.3) is 0 Å². The molecule has 1 aliphatic rings. The topological polar surface area (TPSA) is 57.4 Å². The van der Waals surface area contributed by atoms with Crippen LogP contribution >= 0.6 is 0 Å². The second kappa shape index (κ2) is 4.33. The number of rotatable bonds is 2. The quantitative estimate of drug-likeness (QED) is 0.797. The van der Waals surface area contributed by atoms with Crippen molar-refractivity contribution < 1.29 is 9.31 Å². The SMILES string of the molecule is Cc1cc(B2OC(C)(C)C(C)(C)O2)cc(CN)n1. The number of nitrogens with zero attached hydrogens (tertiary/aromatic N) is 1. The lowest BCUT2D eigenvalue weighted by atomic mass is 9.79. The molecule has 0 unspecified atom stereocenters. The van der Waals surface area contributed by atoms with Crippen LogP contribution in [0.3, 0.4) is 0 Å². The Morgan fingerprint density at radius 2 is 1.72 bits per heavy atom. The van der Waals surface area contributed by atoms with Crippen LogP contribution in [0.25, 0.3) is 0 Å². The van der Waals surface area contributed by atoms with Gasteiger partial charge in [-0.15, -0.1) is 0 Å². The highest BCUT2D eigenvalue weighted by molar-refractivity contribution is 6.62. The minimum Gasteiger partial charge on any atom is -0.399 e. The molecule has 1 aromatic rings. The van der Waals surface area contributed by atoms with E-state index in [9.17, 15) is 0 Å². The maximum atomic E-state index is 6.01. The Balaban J connectivity index is 2.32. The van der Waals surface area contributed by atoms with Gasteiger partial charge in [-0.3, -0.25) is 4.98 Å². The molecule has 0 amide bonds. The second-order valence-corrected chi connectivity index (χ2v) is 5.83. The van der Waals surface area contributed by atoms with Crippen molar-refractivity contribution in [3.8, 4) is 0 Å². The summed E-state index contributed by atoms with van der Waals surface area (Å²) in [6.07, 6.45) is 0. The molecule has 2 N–H and O–H groups in total. The number of aromatic nitrogens is 1. The molecule has 2 rings (SSSR count). The molecule has 1 aromatic heterocycles. The van der Waals surface area contributed by atoms with E-state index in [4.69, 9.17) is 15.0 Å². The molecule has 0 bridgehead atoms. The number of pyridine rings is 1. The van der Waals surface area contributed by atoms with E-state index in [0.29, 0.717) is 6.54 Å². The molecular formula is C13H21BN2O2. The first kappa shape index (κ1) is 13.5. The molecule has 0 aliphatic carbocycles. The minimum absolute atomic E-state index is 0.322. The summed E-state index contributed by atoms with van der Waals surface area (Å²) in [5.41, 5.74) is 7.79. The molecule has 0 radical (unpaired) electrons. The number of hydrogen-bond acceptors (Lipinski definition) is 4. The first-order chi connectivity index (χ1) is 8.25. The van der Waals surface area contributed by atoms with Crippen molar-refractivity contribution in [2.75, 3.05) is 0 Å². The summed E-state index contributed by atoms with van der Waals surface area (Å²) in [5.74, 6) is 0. The van der Waals surface area contributed by atoms with Crippen LogP contribution in [0.4, 0.5) is 0 Å². The third kappa shape index (κ3) is 2.30. The van der Waals surface area contributed by atoms with Crippen molar-refractivity contribution >= 4 is 12.6 Å². The molecule has 0 saturated carbocycles.